The molecule has 0 bridgehead atoms. The largest absolute Gasteiger partial charge is 0.458 e. The molecule has 0 aliphatic carbocycles. The molecule has 0 amide bonds. The number of ether oxygens (including phenoxy) is 2. The highest BCUT2D eigenvalue weighted by Gasteiger charge is 2.20. The minimum atomic E-state index is -0.311. The van der Waals surface area contributed by atoms with Gasteiger partial charge in [-0.15, -0.1) is 11.3 Å². The van der Waals surface area contributed by atoms with Gasteiger partial charge in [-0.3, -0.25) is 0 Å². The number of nitrogen functional groups attached to an aromatic ring is 1. The van der Waals surface area contributed by atoms with Crippen LogP contribution in [0.15, 0.2) is 11.4 Å². The molecule has 5 heteroatoms. The molecule has 1 aromatic rings. The predicted octanol–water partition coefficient (Wildman–Crippen LogP) is 1.67. The summed E-state index contributed by atoms with van der Waals surface area (Å²) in [5, 5.41) is 1.79. The Hall–Kier alpha value is -1.07. The van der Waals surface area contributed by atoms with Gasteiger partial charge in [0.05, 0.1) is 18.9 Å². The summed E-state index contributed by atoms with van der Waals surface area (Å²) in [6.07, 6.45) is 1.53. The fraction of sp³-hybridized carbons (Fsp3) is 0.500. The third kappa shape index (κ3) is 2.49. The molecule has 1 saturated heterocycles. The molecule has 2 heterocycles. The Morgan fingerprint density at radius 1 is 1.53 bits per heavy atom. The summed E-state index contributed by atoms with van der Waals surface area (Å²) >= 11 is 1.32. The van der Waals surface area contributed by atoms with E-state index in [2.05, 4.69) is 0 Å². The fourth-order valence-electron chi connectivity index (χ4n) is 1.48. The normalized spacial score (nSPS) is 17.6. The van der Waals surface area contributed by atoms with Crippen molar-refractivity contribution in [3.63, 3.8) is 0 Å². The van der Waals surface area contributed by atoms with E-state index in [1.807, 2.05) is 0 Å². The van der Waals surface area contributed by atoms with Gasteiger partial charge in [0.1, 0.15) is 11.0 Å². The SMILES string of the molecule is Nc1ccsc1C(=O)OC1CCOCC1. The van der Waals surface area contributed by atoms with Crippen molar-refractivity contribution in [2.75, 3.05) is 18.9 Å². The molecule has 0 saturated carbocycles. The molecule has 2 rings (SSSR count). The van der Waals surface area contributed by atoms with Crippen LogP contribution in [0, 0.1) is 0 Å². The Morgan fingerprint density at radius 3 is 2.87 bits per heavy atom. The Bertz CT molecular complexity index is 344. The van der Waals surface area contributed by atoms with Gasteiger partial charge in [0.15, 0.2) is 0 Å². The summed E-state index contributed by atoms with van der Waals surface area (Å²) in [5.41, 5.74) is 6.13. The summed E-state index contributed by atoms with van der Waals surface area (Å²) in [6.45, 7) is 1.33. The number of anilines is 1. The first kappa shape index (κ1) is 10.4. The van der Waals surface area contributed by atoms with Crippen LogP contribution < -0.4 is 5.73 Å². The Morgan fingerprint density at radius 2 is 2.27 bits per heavy atom. The van der Waals surface area contributed by atoms with Gasteiger partial charge in [-0.25, -0.2) is 4.79 Å². The Kier molecular flexibility index (Phi) is 3.23. The molecule has 0 spiro atoms. The number of esters is 1. The monoisotopic (exact) mass is 227 g/mol. The molecule has 2 N–H and O–H groups in total. The first-order chi connectivity index (χ1) is 7.27. The Balaban J connectivity index is 1.94. The second-order valence-corrected chi connectivity index (χ2v) is 4.34. The van der Waals surface area contributed by atoms with Crippen molar-refractivity contribution in [2.45, 2.75) is 18.9 Å². The van der Waals surface area contributed by atoms with Crippen LogP contribution in [0.4, 0.5) is 5.69 Å². The number of nitrogens with two attached hydrogens (primary N) is 1. The maximum Gasteiger partial charge on any atom is 0.350 e. The van der Waals surface area contributed by atoms with E-state index in [4.69, 9.17) is 15.2 Å². The number of hydrogen-bond donors (Lipinski definition) is 1. The molecule has 4 nitrogen and oxygen atoms in total. The van der Waals surface area contributed by atoms with Crippen molar-refractivity contribution < 1.29 is 14.3 Å². The predicted molar refractivity (Wildman–Crippen MR) is 58.0 cm³/mol. The third-order valence-corrected chi connectivity index (χ3v) is 3.23. The average Bonchev–Trinajstić information content (AvgIpc) is 2.66. The summed E-state index contributed by atoms with van der Waals surface area (Å²) in [7, 11) is 0. The van der Waals surface area contributed by atoms with Gasteiger partial charge in [0.2, 0.25) is 0 Å². The minimum absolute atomic E-state index is 0.0206. The number of hydrogen-bond acceptors (Lipinski definition) is 5. The number of rotatable bonds is 2. The molecule has 15 heavy (non-hydrogen) atoms. The van der Waals surface area contributed by atoms with Crippen LogP contribution in [-0.2, 0) is 9.47 Å². The van der Waals surface area contributed by atoms with Crippen LogP contribution in [0.2, 0.25) is 0 Å². The van der Waals surface area contributed by atoms with Gasteiger partial charge < -0.3 is 15.2 Å². The molecule has 1 aliphatic heterocycles. The van der Waals surface area contributed by atoms with Crippen molar-refractivity contribution >= 4 is 23.0 Å². The molecular weight excluding hydrogens is 214 g/mol. The van der Waals surface area contributed by atoms with Gasteiger partial charge in [0.25, 0.3) is 0 Å². The summed E-state index contributed by atoms with van der Waals surface area (Å²) < 4.78 is 10.5. The summed E-state index contributed by atoms with van der Waals surface area (Å²) in [4.78, 5) is 12.2. The van der Waals surface area contributed by atoms with Gasteiger partial charge in [-0.1, -0.05) is 0 Å². The molecule has 0 atom stereocenters. The lowest BCUT2D eigenvalue weighted by molar-refractivity contribution is -0.0154. The number of carbonyl (C=O) groups is 1. The highest BCUT2D eigenvalue weighted by molar-refractivity contribution is 7.12. The van der Waals surface area contributed by atoms with Crippen LogP contribution >= 0.6 is 11.3 Å². The third-order valence-electron chi connectivity index (χ3n) is 2.32. The van der Waals surface area contributed by atoms with E-state index >= 15 is 0 Å². The summed E-state index contributed by atoms with van der Waals surface area (Å²) in [5.74, 6) is -0.311. The van der Waals surface area contributed by atoms with E-state index in [1.54, 1.807) is 11.4 Å². The van der Waals surface area contributed by atoms with E-state index in [-0.39, 0.29) is 12.1 Å². The van der Waals surface area contributed by atoms with E-state index in [1.165, 1.54) is 11.3 Å². The summed E-state index contributed by atoms with van der Waals surface area (Å²) in [6, 6.07) is 1.71. The molecule has 1 aromatic heterocycles. The molecule has 1 fully saturated rings. The highest BCUT2D eigenvalue weighted by atomic mass is 32.1. The standard InChI is InChI=1S/C10H13NO3S/c11-8-3-6-15-9(8)10(12)14-7-1-4-13-5-2-7/h3,6-7H,1-2,4-5,11H2. The first-order valence-corrected chi connectivity index (χ1v) is 5.77. The van der Waals surface area contributed by atoms with E-state index < -0.39 is 0 Å². The van der Waals surface area contributed by atoms with Crippen molar-refractivity contribution in [1.82, 2.24) is 0 Å². The lowest BCUT2D eigenvalue weighted by Gasteiger charge is -2.21. The molecule has 0 unspecified atom stereocenters. The second-order valence-electron chi connectivity index (χ2n) is 3.42. The molecular formula is C10H13NO3S. The smallest absolute Gasteiger partial charge is 0.350 e. The van der Waals surface area contributed by atoms with Gasteiger partial charge in [0, 0.05) is 12.8 Å². The number of carbonyl (C=O) groups excluding carboxylic acids is 1. The lowest BCUT2D eigenvalue weighted by Crippen LogP contribution is -2.26. The van der Waals surface area contributed by atoms with Gasteiger partial charge in [-0.2, -0.15) is 0 Å². The van der Waals surface area contributed by atoms with Crippen molar-refractivity contribution in [2.24, 2.45) is 0 Å². The fourth-order valence-corrected chi connectivity index (χ4v) is 2.18. The van der Waals surface area contributed by atoms with Crippen LogP contribution in [0.3, 0.4) is 0 Å². The maximum absolute atomic E-state index is 11.7. The quantitative estimate of drug-likeness (QED) is 0.781. The second kappa shape index (κ2) is 4.63. The van der Waals surface area contributed by atoms with Crippen molar-refractivity contribution in [3.8, 4) is 0 Å². The van der Waals surface area contributed by atoms with Crippen molar-refractivity contribution in [3.05, 3.63) is 16.3 Å². The maximum atomic E-state index is 11.7. The van der Waals surface area contributed by atoms with Crippen LogP contribution in [0.5, 0.6) is 0 Å². The van der Waals surface area contributed by atoms with E-state index in [0.717, 1.165) is 12.8 Å². The van der Waals surface area contributed by atoms with Gasteiger partial charge in [-0.05, 0) is 11.4 Å². The zero-order valence-corrected chi connectivity index (χ0v) is 9.09. The molecule has 1 aliphatic rings. The van der Waals surface area contributed by atoms with E-state index in [9.17, 15) is 4.79 Å². The average molecular weight is 227 g/mol. The van der Waals surface area contributed by atoms with Crippen LogP contribution in [-0.4, -0.2) is 25.3 Å². The Labute approximate surface area is 92.0 Å². The molecule has 0 aromatic carbocycles. The van der Waals surface area contributed by atoms with Crippen LogP contribution in [0.25, 0.3) is 0 Å². The molecule has 0 radical (unpaired) electrons. The minimum Gasteiger partial charge on any atom is -0.458 e. The molecule has 82 valence electrons. The van der Waals surface area contributed by atoms with Gasteiger partial charge >= 0.3 is 5.97 Å². The zero-order chi connectivity index (χ0) is 10.7. The van der Waals surface area contributed by atoms with Crippen LogP contribution in [0.1, 0.15) is 22.5 Å². The first-order valence-electron chi connectivity index (χ1n) is 4.89. The lowest BCUT2D eigenvalue weighted by atomic mass is 10.1. The topological polar surface area (TPSA) is 61.6 Å². The van der Waals surface area contributed by atoms with Crippen molar-refractivity contribution in [1.29, 1.82) is 0 Å². The zero-order valence-electron chi connectivity index (χ0n) is 8.27. The number of thiophene rings is 1. The highest BCUT2D eigenvalue weighted by Crippen LogP contribution is 2.22. The van der Waals surface area contributed by atoms with E-state index in [0.29, 0.717) is 23.8 Å².